The Morgan fingerprint density at radius 2 is 1.68 bits per heavy atom. The van der Waals surface area contributed by atoms with Gasteiger partial charge in [0.1, 0.15) is 6.54 Å². The highest BCUT2D eigenvalue weighted by Crippen LogP contribution is 2.28. The minimum absolute atomic E-state index is 0.229. The number of carbonyl (C=O) groups excluding carboxylic acids is 3. The number of nitrogens with one attached hydrogen (secondary N) is 2. The number of methoxy groups -OCH3 is 1. The largest absolute Gasteiger partial charge is 0.468 e. The summed E-state index contributed by atoms with van der Waals surface area (Å²) in [7, 11) is 1.24. The van der Waals surface area contributed by atoms with E-state index in [4.69, 9.17) is 4.52 Å². The van der Waals surface area contributed by atoms with Gasteiger partial charge in [-0.1, -0.05) is 35.0 Å². The molecule has 9 heteroatoms. The number of fused-ring (bicyclic) bond motifs is 1. The molecule has 0 unspecified atom stereocenters. The monoisotopic (exact) mass is 458 g/mol. The van der Waals surface area contributed by atoms with E-state index in [1.165, 1.54) is 7.11 Å². The number of aryl methyl sites for hydroxylation is 2. The number of hydrogen-bond acceptors (Lipinski definition) is 7. The van der Waals surface area contributed by atoms with Crippen LogP contribution in [0.25, 0.3) is 22.4 Å². The van der Waals surface area contributed by atoms with Gasteiger partial charge in [0.05, 0.1) is 29.4 Å². The van der Waals surface area contributed by atoms with E-state index in [0.29, 0.717) is 33.6 Å². The third-order valence-electron chi connectivity index (χ3n) is 5.23. The fourth-order valence-electron chi connectivity index (χ4n) is 3.38. The number of benzene rings is 2. The molecule has 2 heterocycles. The van der Waals surface area contributed by atoms with Crippen LogP contribution in [0, 0.1) is 13.8 Å². The van der Waals surface area contributed by atoms with Crippen molar-refractivity contribution < 1.29 is 23.6 Å². The molecule has 9 nitrogen and oxygen atoms in total. The van der Waals surface area contributed by atoms with Crippen LogP contribution in [0.15, 0.2) is 59.1 Å². The molecule has 0 aliphatic carbocycles. The van der Waals surface area contributed by atoms with Crippen LogP contribution in [0.5, 0.6) is 0 Å². The summed E-state index contributed by atoms with van der Waals surface area (Å²) in [6.45, 7) is 3.51. The molecule has 0 fully saturated rings. The van der Waals surface area contributed by atoms with Crippen LogP contribution >= 0.6 is 0 Å². The summed E-state index contributed by atoms with van der Waals surface area (Å²) in [5.41, 5.74) is 4.58. The number of amides is 2. The van der Waals surface area contributed by atoms with Crippen molar-refractivity contribution in [1.82, 2.24) is 15.5 Å². The molecule has 0 saturated carbocycles. The van der Waals surface area contributed by atoms with Gasteiger partial charge < -0.3 is 19.9 Å². The van der Waals surface area contributed by atoms with Crippen molar-refractivity contribution in [1.29, 1.82) is 0 Å². The Bertz CT molecular complexity index is 1380. The second kappa shape index (κ2) is 9.53. The summed E-state index contributed by atoms with van der Waals surface area (Å²) in [6.07, 6.45) is 0. The molecular formula is C25H22N4O5. The molecule has 34 heavy (non-hydrogen) atoms. The lowest BCUT2D eigenvalue weighted by Gasteiger charge is -2.09. The topological polar surface area (TPSA) is 123 Å². The van der Waals surface area contributed by atoms with Gasteiger partial charge in [-0.3, -0.25) is 14.4 Å². The first-order chi connectivity index (χ1) is 16.4. The number of aromatic nitrogens is 2. The Kier molecular flexibility index (Phi) is 6.35. The van der Waals surface area contributed by atoms with Crippen LogP contribution in [0.4, 0.5) is 5.69 Å². The number of esters is 1. The molecule has 2 aromatic carbocycles. The van der Waals surface area contributed by atoms with Gasteiger partial charge in [-0.05, 0) is 44.2 Å². The molecule has 0 atom stereocenters. The fraction of sp³-hybridized carbons (Fsp3) is 0.160. The zero-order valence-electron chi connectivity index (χ0n) is 18.8. The number of nitrogens with zero attached hydrogens (tertiary/aromatic N) is 2. The Labute approximate surface area is 195 Å². The molecule has 2 amide bonds. The fourth-order valence-corrected chi connectivity index (χ4v) is 3.38. The molecule has 4 rings (SSSR count). The molecule has 0 aliphatic heterocycles. The number of anilines is 1. The van der Waals surface area contributed by atoms with Crippen LogP contribution in [0.2, 0.25) is 0 Å². The lowest BCUT2D eigenvalue weighted by molar-refractivity contribution is -0.139. The van der Waals surface area contributed by atoms with Crippen molar-refractivity contribution in [3.63, 3.8) is 0 Å². The van der Waals surface area contributed by atoms with Crippen molar-refractivity contribution in [3.05, 3.63) is 77.0 Å². The van der Waals surface area contributed by atoms with Gasteiger partial charge in [-0.25, -0.2) is 4.98 Å². The summed E-state index contributed by atoms with van der Waals surface area (Å²) in [6, 6.07) is 15.8. The zero-order chi connectivity index (χ0) is 24.2. The summed E-state index contributed by atoms with van der Waals surface area (Å²) >= 11 is 0. The SMILES string of the molecule is COC(=O)CNC(=O)c1ccc(NC(=O)c2cc(-c3ccc(C)cc3)nc3onc(C)c23)cc1. The normalized spacial score (nSPS) is 10.7. The van der Waals surface area contributed by atoms with Gasteiger partial charge in [0.25, 0.3) is 17.5 Å². The molecule has 0 bridgehead atoms. The minimum atomic E-state index is -0.546. The highest BCUT2D eigenvalue weighted by atomic mass is 16.5. The third kappa shape index (κ3) is 4.78. The van der Waals surface area contributed by atoms with Crippen LogP contribution in [-0.2, 0) is 9.53 Å². The number of ether oxygens (including phenoxy) is 1. The molecule has 0 saturated heterocycles. The molecule has 4 aromatic rings. The second-order valence-electron chi connectivity index (χ2n) is 7.66. The molecule has 0 radical (unpaired) electrons. The smallest absolute Gasteiger partial charge is 0.325 e. The first-order valence-electron chi connectivity index (χ1n) is 10.5. The Morgan fingerprint density at radius 1 is 0.971 bits per heavy atom. The number of rotatable bonds is 6. The maximum Gasteiger partial charge on any atom is 0.325 e. The van der Waals surface area contributed by atoms with Gasteiger partial charge in [0, 0.05) is 16.8 Å². The molecule has 0 spiro atoms. The summed E-state index contributed by atoms with van der Waals surface area (Å²) < 4.78 is 9.85. The van der Waals surface area contributed by atoms with E-state index in [1.807, 2.05) is 31.2 Å². The van der Waals surface area contributed by atoms with Crippen molar-refractivity contribution >= 4 is 34.6 Å². The van der Waals surface area contributed by atoms with Crippen LogP contribution in [0.3, 0.4) is 0 Å². The highest BCUT2D eigenvalue weighted by Gasteiger charge is 2.20. The van der Waals surface area contributed by atoms with Gasteiger partial charge >= 0.3 is 5.97 Å². The molecule has 2 N–H and O–H groups in total. The van der Waals surface area contributed by atoms with Gasteiger partial charge in [-0.2, -0.15) is 0 Å². The summed E-state index contributed by atoms with van der Waals surface area (Å²) in [4.78, 5) is 41.1. The van der Waals surface area contributed by atoms with E-state index in [9.17, 15) is 14.4 Å². The lowest BCUT2D eigenvalue weighted by atomic mass is 10.0. The van der Waals surface area contributed by atoms with E-state index in [0.717, 1.165) is 11.1 Å². The Morgan fingerprint density at radius 3 is 2.35 bits per heavy atom. The number of hydrogen-bond donors (Lipinski definition) is 2. The lowest BCUT2D eigenvalue weighted by Crippen LogP contribution is -2.30. The predicted molar refractivity (Wildman–Crippen MR) is 125 cm³/mol. The Balaban J connectivity index is 1.58. The number of carbonyl (C=O) groups is 3. The first kappa shape index (κ1) is 22.7. The molecule has 2 aromatic heterocycles. The van der Waals surface area contributed by atoms with Gasteiger partial charge in [0.15, 0.2) is 0 Å². The van der Waals surface area contributed by atoms with Crippen molar-refractivity contribution in [3.8, 4) is 11.3 Å². The molecule has 0 aliphatic rings. The van der Waals surface area contributed by atoms with E-state index in [-0.39, 0.29) is 18.2 Å². The maximum atomic E-state index is 13.2. The standard InChI is InChI=1S/C25H22N4O5/c1-14-4-6-16(7-5-14)20-12-19(22-15(2)29-34-25(22)28-20)24(32)27-18-10-8-17(9-11-18)23(31)26-13-21(30)33-3/h4-12H,13H2,1-3H3,(H,26,31)(H,27,32). The van der Waals surface area contributed by atoms with Crippen LogP contribution < -0.4 is 10.6 Å². The van der Waals surface area contributed by atoms with E-state index in [1.54, 1.807) is 37.3 Å². The predicted octanol–water partition coefficient (Wildman–Crippen LogP) is 3.66. The molecular weight excluding hydrogens is 436 g/mol. The van der Waals surface area contributed by atoms with Crippen LogP contribution in [0.1, 0.15) is 32.0 Å². The first-order valence-corrected chi connectivity index (χ1v) is 10.5. The van der Waals surface area contributed by atoms with Crippen molar-refractivity contribution in [2.45, 2.75) is 13.8 Å². The van der Waals surface area contributed by atoms with E-state index < -0.39 is 11.9 Å². The Hall–Kier alpha value is -4.53. The summed E-state index contributed by atoms with van der Waals surface area (Å²) in [5, 5.41) is 9.80. The van der Waals surface area contributed by atoms with Crippen molar-refractivity contribution in [2.75, 3.05) is 19.0 Å². The van der Waals surface area contributed by atoms with E-state index >= 15 is 0 Å². The van der Waals surface area contributed by atoms with Gasteiger partial charge in [0.2, 0.25) is 0 Å². The zero-order valence-corrected chi connectivity index (χ0v) is 18.8. The number of pyridine rings is 1. The average Bonchev–Trinajstić information content (AvgIpc) is 3.23. The second-order valence-corrected chi connectivity index (χ2v) is 7.66. The van der Waals surface area contributed by atoms with Gasteiger partial charge in [-0.15, -0.1) is 0 Å². The highest BCUT2D eigenvalue weighted by molar-refractivity contribution is 6.13. The van der Waals surface area contributed by atoms with Crippen molar-refractivity contribution in [2.24, 2.45) is 0 Å². The quantitative estimate of drug-likeness (QED) is 0.423. The van der Waals surface area contributed by atoms with Crippen LogP contribution in [-0.4, -0.2) is 41.6 Å². The third-order valence-corrected chi connectivity index (χ3v) is 5.23. The summed E-state index contributed by atoms with van der Waals surface area (Å²) in [5.74, 6) is -1.34. The minimum Gasteiger partial charge on any atom is -0.468 e. The maximum absolute atomic E-state index is 13.2. The average molecular weight is 458 g/mol. The molecule has 172 valence electrons. The van der Waals surface area contributed by atoms with E-state index in [2.05, 4.69) is 25.5 Å².